The van der Waals surface area contributed by atoms with Gasteiger partial charge in [0, 0.05) is 45.5 Å². The van der Waals surface area contributed by atoms with E-state index in [-0.39, 0.29) is 5.82 Å². The molecule has 150 valence electrons. The maximum absolute atomic E-state index is 13.7. The van der Waals surface area contributed by atoms with Crippen molar-refractivity contribution >= 4 is 11.8 Å². The van der Waals surface area contributed by atoms with E-state index >= 15 is 0 Å². The van der Waals surface area contributed by atoms with Gasteiger partial charge in [0.2, 0.25) is 5.95 Å². The van der Waals surface area contributed by atoms with Gasteiger partial charge in [0.15, 0.2) is 0 Å². The molecule has 0 amide bonds. The molecule has 1 aromatic heterocycles. The molecule has 1 N–H and O–H groups in total. The molecule has 1 fully saturated rings. The third-order valence-electron chi connectivity index (χ3n) is 5.21. The van der Waals surface area contributed by atoms with E-state index in [1.165, 1.54) is 11.6 Å². The Hall–Kier alpha value is -2.99. The highest BCUT2D eigenvalue weighted by molar-refractivity contribution is 5.41. The number of nitrogens with zero attached hydrogens (tertiary/aromatic N) is 4. The molecular formula is C23H26FN5. The molecule has 0 bridgehead atoms. The van der Waals surface area contributed by atoms with Crippen LogP contribution in [0.25, 0.3) is 0 Å². The lowest BCUT2D eigenvalue weighted by Crippen LogP contribution is -2.46. The average Bonchev–Trinajstić information content (AvgIpc) is 2.77. The van der Waals surface area contributed by atoms with Crippen molar-refractivity contribution in [1.29, 1.82) is 0 Å². The van der Waals surface area contributed by atoms with Crippen LogP contribution in [-0.2, 0) is 13.0 Å². The fraction of sp³-hybridized carbons (Fsp3) is 0.304. The Kier molecular flexibility index (Phi) is 6.32. The highest BCUT2D eigenvalue weighted by Gasteiger charge is 2.19. The molecule has 1 aliphatic rings. The van der Waals surface area contributed by atoms with Gasteiger partial charge in [-0.25, -0.2) is 9.37 Å². The monoisotopic (exact) mass is 391 g/mol. The number of hydrogen-bond donors (Lipinski definition) is 1. The Morgan fingerprint density at radius 1 is 0.897 bits per heavy atom. The maximum atomic E-state index is 13.7. The van der Waals surface area contributed by atoms with E-state index < -0.39 is 0 Å². The third-order valence-corrected chi connectivity index (χ3v) is 5.21. The van der Waals surface area contributed by atoms with Crippen molar-refractivity contribution in [3.05, 3.63) is 83.8 Å². The van der Waals surface area contributed by atoms with Crippen LogP contribution in [0.4, 0.5) is 16.2 Å². The van der Waals surface area contributed by atoms with Crippen LogP contribution in [0, 0.1) is 5.82 Å². The van der Waals surface area contributed by atoms with Crippen LogP contribution in [0.2, 0.25) is 0 Å². The number of piperazine rings is 1. The van der Waals surface area contributed by atoms with Gasteiger partial charge in [0.1, 0.15) is 11.6 Å². The van der Waals surface area contributed by atoms with Crippen LogP contribution < -0.4 is 10.2 Å². The molecule has 6 heteroatoms. The van der Waals surface area contributed by atoms with Crippen molar-refractivity contribution in [3.8, 4) is 0 Å². The Bertz CT molecular complexity index is 910. The summed E-state index contributed by atoms with van der Waals surface area (Å²) in [4.78, 5) is 13.8. The number of rotatable bonds is 7. The molecule has 0 saturated carbocycles. The van der Waals surface area contributed by atoms with Gasteiger partial charge in [0.25, 0.3) is 0 Å². The summed E-state index contributed by atoms with van der Waals surface area (Å²) in [5.41, 5.74) is 2.06. The van der Waals surface area contributed by atoms with E-state index in [1.54, 1.807) is 12.3 Å². The minimum absolute atomic E-state index is 0.161. The maximum Gasteiger partial charge on any atom is 0.227 e. The summed E-state index contributed by atoms with van der Waals surface area (Å²) in [6, 6.07) is 19.3. The van der Waals surface area contributed by atoms with Gasteiger partial charge in [-0.15, -0.1) is 0 Å². The summed E-state index contributed by atoms with van der Waals surface area (Å²) >= 11 is 0. The van der Waals surface area contributed by atoms with Crippen LogP contribution in [0.15, 0.2) is 66.9 Å². The minimum Gasteiger partial charge on any atom is -0.370 e. The second kappa shape index (κ2) is 9.47. The fourth-order valence-corrected chi connectivity index (χ4v) is 3.57. The molecule has 2 heterocycles. The van der Waals surface area contributed by atoms with E-state index in [0.29, 0.717) is 18.5 Å². The summed E-state index contributed by atoms with van der Waals surface area (Å²) in [7, 11) is 0. The van der Waals surface area contributed by atoms with Gasteiger partial charge in [-0.05, 0) is 29.7 Å². The van der Waals surface area contributed by atoms with Crippen molar-refractivity contribution in [1.82, 2.24) is 14.9 Å². The predicted molar refractivity (Wildman–Crippen MR) is 115 cm³/mol. The number of benzene rings is 2. The summed E-state index contributed by atoms with van der Waals surface area (Å²) in [5, 5.41) is 3.29. The van der Waals surface area contributed by atoms with Crippen molar-refractivity contribution in [3.63, 3.8) is 0 Å². The average molecular weight is 391 g/mol. The SMILES string of the molecule is Fc1ccccc1CCNc1ccnc(N2CCN(Cc3ccccc3)CC2)n1. The third kappa shape index (κ3) is 5.29. The topological polar surface area (TPSA) is 44.3 Å². The van der Waals surface area contributed by atoms with E-state index in [0.717, 1.165) is 44.5 Å². The summed E-state index contributed by atoms with van der Waals surface area (Å²) in [5.74, 6) is 1.37. The van der Waals surface area contributed by atoms with E-state index in [4.69, 9.17) is 0 Å². The highest BCUT2D eigenvalue weighted by atomic mass is 19.1. The van der Waals surface area contributed by atoms with Gasteiger partial charge in [0.05, 0.1) is 0 Å². The van der Waals surface area contributed by atoms with Crippen LogP contribution in [0.3, 0.4) is 0 Å². The zero-order valence-electron chi connectivity index (χ0n) is 16.5. The van der Waals surface area contributed by atoms with Gasteiger partial charge in [-0.1, -0.05) is 48.5 Å². The first-order chi connectivity index (χ1) is 14.3. The molecule has 1 aliphatic heterocycles. The Morgan fingerprint density at radius 2 is 1.66 bits per heavy atom. The first-order valence-corrected chi connectivity index (χ1v) is 10.1. The number of anilines is 2. The molecule has 0 spiro atoms. The molecule has 0 atom stereocenters. The predicted octanol–water partition coefficient (Wildman–Crippen LogP) is 3.59. The second-order valence-electron chi connectivity index (χ2n) is 7.26. The molecule has 29 heavy (non-hydrogen) atoms. The summed E-state index contributed by atoms with van der Waals surface area (Å²) in [6.45, 7) is 5.40. The number of nitrogens with one attached hydrogen (secondary N) is 1. The van der Waals surface area contributed by atoms with Crippen molar-refractivity contribution in [2.75, 3.05) is 42.9 Å². The molecule has 1 saturated heterocycles. The largest absolute Gasteiger partial charge is 0.370 e. The molecule has 4 rings (SSSR count). The van der Waals surface area contributed by atoms with Crippen LogP contribution in [0.1, 0.15) is 11.1 Å². The summed E-state index contributed by atoms with van der Waals surface area (Å²) < 4.78 is 13.7. The Morgan fingerprint density at radius 3 is 2.45 bits per heavy atom. The standard InChI is InChI=1S/C23H26FN5/c24-21-9-5-4-8-20(21)10-12-25-22-11-13-26-23(27-22)29-16-14-28(15-17-29)18-19-6-2-1-3-7-19/h1-9,11,13H,10,12,14-18H2,(H,25,26,27). The Balaban J connectivity index is 1.28. The van der Waals surface area contributed by atoms with E-state index in [2.05, 4.69) is 55.4 Å². The fourth-order valence-electron chi connectivity index (χ4n) is 3.57. The van der Waals surface area contributed by atoms with Gasteiger partial charge < -0.3 is 10.2 Å². The zero-order valence-corrected chi connectivity index (χ0v) is 16.5. The lowest BCUT2D eigenvalue weighted by molar-refractivity contribution is 0.248. The summed E-state index contributed by atoms with van der Waals surface area (Å²) in [6.07, 6.45) is 2.40. The second-order valence-corrected chi connectivity index (χ2v) is 7.26. The van der Waals surface area contributed by atoms with Crippen molar-refractivity contribution in [2.45, 2.75) is 13.0 Å². The van der Waals surface area contributed by atoms with Gasteiger partial charge in [-0.2, -0.15) is 4.98 Å². The van der Waals surface area contributed by atoms with Crippen LogP contribution >= 0.6 is 0 Å². The Labute approximate surface area is 171 Å². The lowest BCUT2D eigenvalue weighted by Gasteiger charge is -2.34. The molecule has 0 radical (unpaired) electrons. The minimum atomic E-state index is -0.161. The number of halogens is 1. The molecule has 0 aliphatic carbocycles. The smallest absolute Gasteiger partial charge is 0.227 e. The van der Waals surface area contributed by atoms with Crippen molar-refractivity contribution < 1.29 is 4.39 Å². The van der Waals surface area contributed by atoms with Crippen LogP contribution in [0.5, 0.6) is 0 Å². The molecule has 5 nitrogen and oxygen atoms in total. The molecule has 3 aromatic rings. The van der Waals surface area contributed by atoms with E-state index in [9.17, 15) is 4.39 Å². The van der Waals surface area contributed by atoms with Gasteiger partial charge in [-0.3, -0.25) is 4.90 Å². The zero-order chi connectivity index (χ0) is 19.9. The molecule has 0 unspecified atom stereocenters. The quantitative estimate of drug-likeness (QED) is 0.667. The number of aromatic nitrogens is 2. The van der Waals surface area contributed by atoms with Crippen molar-refractivity contribution in [2.24, 2.45) is 0 Å². The van der Waals surface area contributed by atoms with E-state index in [1.807, 2.05) is 18.2 Å². The first-order valence-electron chi connectivity index (χ1n) is 10.1. The first kappa shape index (κ1) is 19.3. The lowest BCUT2D eigenvalue weighted by atomic mass is 10.1. The van der Waals surface area contributed by atoms with Crippen LogP contribution in [-0.4, -0.2) is 47.6 Å². The van der Waals surface area contributed by atoms with Gasteiger partial charge >= 0.3 is 0 Å². The number of hydrogen-bond acceptors (Lipinski definition) is 5. The highest BCUT2D eigenvalue weighted by Crippen LogP contribution is 2.15. The molecule has 2 aromatic carbocycles. The molecular weight excluding hydrogens is 365 g/mol. The normalized spacial score (nSPS) is 14.7.